The summed E-state index contributed by atoms with van der Waals surface area (Å²) in [7, 11) is 0. The molecule has 10 heteroatoms. The molecule has 0 amide bonds. The lowest BCUT2D eigenvalue weighted by Crippen LogP contribution is -2.52. The van der Waals surface area contributed by atoms with Crippen molar-refractivity contribution >= 4 is 34.9 Å². The van der Waals surface area contributed by atoms with Gasteiger partial charge in [0.15, 0.2) is 6.23 Å². The zero-order valence-corrected chi connectivity index (χ0v) is 24.4. The first-order valence-corrected chi connectivity index (χ1v) is 14.2. The highest BCUT2D eigenvalue weighted by Gasteiger charge is 2.62. The van der Waals surface area contributed by atoms with Crippen LogP contribution in [-0.2, 0) is 21.5 Å². The van der Waals surface area contributed by atoms with Crippen LogP contribution in [0.1, 0.15) is 49.8 Å². The highest BCUT2D eigenvalue weighted by molar-refractivity contribution is 6.31. The van der Waals surface area contributed by atoms with E-state index < -0.39 is 53.5 Å². The molecule has 0 aliphatic carbocycles. The molecule has 0 radical (unpaired) electrons. The number of epoxide rings is 1. The highest BCUT2D eigenvalue weighted by atomic mass is 35.5. The molecule has 2 heterocycles. The molecule has 3 aromatic carbocycles. The van der Waals surface area contributed by atoms with Gasteiger partial charge in [0.25, 0.3) is 0 Å². The van der Waals surface area contributed by atoms with Gasteiger partial charge in [-0.1, -0.05) is 74.3 Å². The third-order valence-electron chi connectivity index (χ3n) is 7.87. The van der Waals surface area contributed by atoms with Crippen LogP contribution in [0.4, 0.5) is 14.5 Å². The second-order valence-corrected chi connectivity index (χ2v) is 13.0. The van der Waals surface area contributed by atoms with Gasteiger partial charge in [-0.3, -0.25) is 4.79 Å². The number of halogens is 4. The molecular weight excluding hydrogens is 571 g/mol. The van der Waals surface area contributed by atoms with Gasteiger partial charge in [0.2, 0.25) is 0 Å². The second kappa shape index (κ2) is 11.2. The number of carboxylic acid groups (broad SMARTS) is 1. The summed E-state index contributed by atoms with van der Waals surface area (Å²) in [6.45, 7) is 6.21. The van der Waals surface area contributed by atoms with Gasteiger partial charge in [-0.2, -0.15) is 0 Å². The maximum Gasteiger partial charge on any atom is 0.307 e. The fourth-order valence-corrected chi connectivity index (χ4v) is 6.42. The Morgan fingerprint density at radius 1 is 1.12 bits per heavy atom. The van der Waals surface area contributed by atoms with Gasteiger partial charge in [-0.15, -0.1) is 0 Å². The summed E-state index contributed by atoms with van der Waals surface area (Å²) in [5, 5.41) is 16.1. The summed E-state index contributed by atoms with van der Waals surface area (Å²) in [6, 6.07) is 15.3. The lowest BCUT2D eigenvalue weighted by atomic mass is 9.68. The molecule has 2 fully saturated rings. The molecule has 0 aromatic heterocycles. The molecule has 2 aliphatic heterocycles. The topological polar surface area (TPSA) is 99.9 Å². The zero-order valence-electron chi connectivity index (χ0n) is 22.9. The van der Waals surface area contributed by atoms with Crippen LogP contribution in [0.2, 0.25) is 10.0 Å². The van der Waals surface area contributed by atoms with Crippen molar-refractivity contribution in [3.63, 3.8) is 0 Å². The number of nitrogens with two attached hydrogens (primary N) is 1. The highest BCUT2D eigenvalue weighted by Crippen LogP contribution is 2.52. The summed E-state index contributed by atoms with van der Waals surface area (Å²) >= 11 is 12.3. The fourth-order valence-electron chi connectivity index (χ4n) is 6.08. The standard InChI is InChI=1S/C31H33Cl2F2N3O3/c1-30(2,3)15-23-31(36,20-12-9-17(32)14-22(20)34)25(19-5-4-6-21(33)26(19)35)27(38-23)28-29(41-28)37-18-10-7-16(8-11-18)13-24(39)40/h4-12,14,23,25,27-29,37-38H,13,15,36H2,1-3H3,(H,39,40)/t23-,25-,27+,28?,29?,31+/m0/s1. The summed E-state index contributed by atoms with van der Waals surface area (Å²) in [6.07, 6.45) is -0.372. The molecule has 5 rings (SSSR count). The third-order valence-corrected chi connectivity index (χ3v) is 8.40. The van der Waals surface area contributed by atoms with E-state index in [4.69, 9.17) is 38.8 Å². The van der Waals surface area contributed by atoms with Crippen molar-refractivity contribution in [2.45, 2.75) is 69.5 Å². The van der Waals surface area contributed by atoms with E-state index in [0.29, 0.717) is 12.0 Å². The average Bonchev–Trinajstić information content (AvgIpc) is 3.58. The van der Waals surface area contributed by atoms with Crippen LogP contribution in [0.25, 0.3) is 0 Å². The number of nitrogens with one attached hydrogen (secondary N) is 2. The lowest BCUT2D eigenvalue weighted by Gasteiger charge is -2.40. The van der Waals surface area contributed by atoms with E-state index in [0.717, 1.165) is 5.69 Å². The Labute approximate surface area is 248 Å². The SMILES string of the molecule is CC(C)(C)C[C@@H]1N[C@@H](C2OC2Nc2ccc(CC(=O)O)cc2)[C@H](c2cccc(Cl)c2F)[C@@]1(N)c1ccc(Cl)cc1F. The predicted molar refractivity (Wildman–Crippen MR) is 156 cm³/mol. The minimum Gasteiger partial charge on any atom is -0.481 e. The Morgan fingerprint density at radius 2 is 1.83 bits per heavy atom. The average molecular weight is 605 g/mol. The number of ether oxygens (including phenoxy) is 1. The van der Waals surface area contributed by atoms with Crippen molar-refractivity contribution in [2.24, 2.45) is 11.1 Å². The zero-order chi connectivity index (χ0) is 29.7. The van der Waals surface area contributed by atoms with Gasteiger partial charge in [-0.05, 0) is 53.3 Å². The first-order chi connectivity index (χ1) is 19.3. The molecule has 0 saturated carbocycles. The normalized spacial score (nSPS) is 27.6. The van der Waals surface area contributed by atoms with Crippen molar-refractivity contribution < 1.29 is 23.4 Å². The van der Waals surface area contributed by atoms with Crippen molar-refractivity contribution in [3.05, 3.63) is 99.0 Å². The van der Waals surface area contributed by atoms with Crippen molar-refractivity contribution in [3.8, 4) is 0 Å². The molecule has 0 bridgehead atoms. The molecule has 2 aliphatic rings. The van der Waals surface area contributed by atoms with E-state index >= 15 is 8.78 Å². The minimum atomic E-state index is -1.38. The number of rotatable bonds is 8. The van der Waals surface area contributed by atoms with Gasteiger partial charge >= 0.3 is 5.97 Å². The number of carbonyl (C=O) groups is 1. The molecule has 5 N–H and O–H groups in total. The van der Waals surface area contributed by atoms with Crippen LogP contribution in [0.5, 0.6) is 0 Å². The Bertz CT molecular complexity index is 1450. The van der Waals surface area contributed by atoms with Gasteiger partial charge in [0.1, 0.15) is 17.7 Å². The van der Waals surface area contributed by atoms with E-state index in [1.807, 2.05) is 0 Å². The van der Waals surface area contributed by atoms with Gasteiger partial charge in [0, 0.05) is 34.3 Å². The molecule has 6 atom stereocenters. The second-order valence-electron chi connectivity index (χ2n) is 12.1. The number of hydrogen-bond acceptors (Lipinski definition) is 5. The number of anilines is 1. The predicted octanol–water partition coefficient (Wildman–Crippen LogP) is 6.45. The molecule has 2 unspecified atom stereocenters. The first-order valence-electron chi connectivity index (χ1n) is 13.4. The monoisotopic (exact) mass is 603 g/mol. The van der Waals surface area contributed by atoms with E-state index in [1.165, 1.54) is 12.1 Å². The Morgan fingerprint density at radius 3 is 2.46 bits per heavy atom. The fraction of sp³-hybridized carbons (Fsp3) is 0.387. The van der Waals surface area contributed by atoms with Crippen molar-refractivity contribution in [1.82, 2.24) is 5.32 Å². The van der Waals surface area contributed by atoms with Crippen LogP contribution in [0, 0.1) is 17.0 Å². The van der Waals surface area contributed by atoms with Crippen LogP contribution >= 0.6 is 23.2 Å². The maximum atomic E-state index is 15.7. The van der Waals surface area contributed by atoms with Crippen molar-refractivity contribution in [2.75, 3.05) is 5.32 Å². The third kappa shape index (κ3) is 6.08. The number of hydrogen-bond donors (Lipinski definition) is 4. The molecule has 0 spiro atoms. The van der Waals surface area contributed by atoms with E-state index in [9.17, 15) is 4.79 Å². The maximum absolute atomic E-state index is 15.7. The lowest BCUT2D eigenvalue weighted by molar-refractivity contribution is -0.136. The quantitative estimate of drug-likeness (QED) is 0.221. The molecule has 218 valence electrons. The Balaban J connectivity index is 1.54. The summed E-state index contributed by atoms with van der Waals surface area (Å²) in [5.74, 6) is -2.83. The molecule has 2 saturated heterocycles. The summed E-state index contributed by atoms with van der Waals surface area (Å²) < 4.78 is 37.5. The van der Waals surface area contributed by atoms with Crippen LogP contribution in [-0.4, -0.2) is 35.5 Å². The summed E-state index contributed by atoms with van der Waals surface area (Å²) in [5.41, 5.74) is 7.65. The number of carboxylic acids is 1. The van der Waals surface area contributed by atoms with Gasteiger partial charge in [0.05, 0.1) is 17.0 Å². The largest absolute Gasteiger partial charge is 0.481 e. The van der Waals surface area contributed by atoms with E-state index in [1.54, 1.807) is 48.5 Å². The van der Waals surface area contributed by atoms with Crippen LogP contribution in [0.3, 0.4) is 0 Å². The minimum absolute atomic E-state index is 0.0488. The smallest absolute Gasteiger partial charge is 0.307 e. The van der Waals surface area contributed by atoms with Crippen LogP contribution in [0.15, 0.2) is 60.7 Å². The van der Waals surface area contributed by atoms with Crippen molar-refractivity contribution in [1.29, 1.82) is 0 Å². The van der Waals surface area contributed by atoms with E-state index in [-0.39, 0.29) is 33.0 Å². The Kier molecular flexibility index (Phi) is 8.09. The number of aliphatic carboxylic acids is 1. The molecular formula is C31H33Cl2F2N3O3. The Hall–Kier alpha value is -2.75. The van der Waals surface area contributed by atoms with E-state index in [2.05, 4.69) is 31.4 Å². The molecule has 3 aromatic rings. The molecule has 41 heavy (non-hydrogen) atoms. The number of benzene rings is 3. The van der Waals surface area contributed by atoms with Gasteiger partial charge in [-0.25, -0.2) is 8.78 Å². The van der Waals surface area contributed by atoms with Crippen LogP contribution < -0.4 is 16.4 Å². The first kappa shape index (κ1) is 29.7. The summed E-state index contributed by atoms with van der Waals surface area (Å²) in [4.78, 5) is 11.0. The van der Waals surface area contributed by atoms with Gasteiger partial charge < -0.3 is 26.2 Å². The molecule has 6 nitrogen and oxygen atoms in total.